The normalized spacial score (nSPS) is 11.7. The first-order valence-corrected chi connectivity index (χ1v) is 20.9. The van der Waals surface area contributed by atoms with Gasteiger partial charge < -0.3 is 9.32 Å². The van der Waals surface area contributed by atoms with E-state index in [1.54, 1.807) is 0 Å². The number of nitrogens with zero attached hydrogens (tertiary/aromatic N) is 1. The van der Waals surface area contributed by atoms with Crippen LogP contribution in [-0.4, -0.2) is 0 Å². The van der Waals surface area contributed by atoms with Gasteiger partial charge in [-0.15, -0.1) is 11.3 Å². The summed E-state index contributed by atoms with van der Waals surface area (Å²) in [5, 5.41) is 9.61. The fourth-order valence-corrected chi connectivity index (χ4v) is 10.3. The highest BCUT2D eigenvalue weighted by molar-refractivity contribution is 7.26. The summed E-state index contributed by atoms with van der Waals surface area (Å²) in [4.78, 5) is 2.44. The van der Waals surface area contributed by atoms with Crippen LogP contribution in [-0.2, 0) is 0 Å². The van der Waals surface area contributed by atoms with Crippen LogP contribution in [0.3, 0.4) is 0 Å². The topological polar surface area (TPSA) is 16.4 Å². The number of furan rings is 1. The van der Waals surface area contributed by atoms with Crippen molar-refractivity contribution in [2.75, 3.05) is 4.90 Å². The Morgan fingerprint density at radius 3 is 1.66 bits per heavy atom. The molecule has 0 aliphatic rings. The third-order valence-corrected chi connectivity index (χ3v) is 13.0. The summed E-state index contributed by atoms with van der Waals surface area (Å²) in [5.41, 5.74) is 12.2. The highest BCUT2D eigenvalue weighted by atomic mass is 32.1. The summed E-state index contributed by atoms with van der Waals surface area (Å²) < 4.78 is 9.28. The van der Waals surface area contributed by atoms with Crippen molar-refractivity contribution in [2.24, 2.45) is 0 Å². The molecule has 0 spiro atoms. The van der Waals surface area contributed by atoms with E-state index in [-0.39, 0.29) is 0 Å². The lowest BCUT2D eigenvalue weighted by atomic mass is 9.98. The molecule has 2 nitrogen and oxygen atoms in total. The van der Waals surface area contributed by atoms with Crippen molar-refractivity contribution in [1.29, 1.82) is 0 Å². The summed E-state index contributed by atoms with van der Waals surface area (Å²) in [6, 6.07) is 76.9. The van der Waals surface area contributed by atoms with E-state index in [9.17, 15) is 0 Å². The van der Waals surface area contributed by atoms with Crippen LogP contribution >= 0.6 is 11.3 Å². The van der Waals surface area contributed by atoms with E-state index < -0.39 is 0 Å². The molecule has 0 bridgehead atoms. The molecular formula is C56H35NOS. The van der Waals surface area contributed by atoms with Crippen LogP contribution in [0.25, 0.3) is 97.0 Å². The van der Waals surface area contributed by atoms with Gasteiger partial charge in [-0.05, 0) is 103 Å². The minimum absolute atomic E-state index is 0.860. The molecule has 12 rings (SSSR count). The van der Waals surface area contributed by atoms with Gasteiger partial charge in [0, 0.05) is 48.4 Å². The second-order valence-corrected chi connectivity index (χ2v) is 16.3. The molecule has 10 aromatic carbocycles. The maximum atomic E-state index is 6.76. The third kappa shape index (κ3) is 5.62. The number of benzene rings is 10. The highest BCUT2D eigenvalue weighted by Gasteiger charge is 2.23. The number of hydrogen-bond donors (Lipinski definition) is 0. The van der Waals surface area contributed by atoms with E-state index >= 15 is 0 Å². The average Bonchev–Trinajstić information content (AvgIpc) is 3.88. The zero-order valence-electron chi connectivity index (χ0n) is 32.0. The average molecular weight is 770 g/mol. The largest absolute Gasteiger partial charge is 0.456 e. The lowest BCUT2D eigenvalue weighted by molar-refractivity contribution is 0.669. The van der Waals surface area contributed by atoms with Gasteiger partial charge >= 0.3 is 0 Å². The minimum Gasteiger partial charge on any atom is -0.456 e. The Morgan fingerprint density at radius 2 is 0.915 bits per heavy atom. The van der Waals surface area contributed by atoms with Crippen molar-refractivity contribution in [3.8, 4) is 33.4 Å². The molecule has 2 heterocycles. The lowest BCUT2D eigenvalue weighted by Crippen LogP contribution is -2.10. The summed E-state index contributed by atoms with van der Waals surface area (Å²) in [6.45, 7) is 0. The van der Waals surface area contributed by atoms with E-state index in [0.717, 1.165) is 44.6 Å². The first-order valence-electron chi connectivity index (χ1n) is 20.1. The van der Waals surface area contributed by atoms with Gasteiger partial charge in [0.1, 0.15) is 11.2 Å². The molecule has 0 atom stereocenters. The van der Waals surface area contributed by atoms with Gasteiger partial charge in [-0.2, -0.15) is 0 Å². The predicted octanol–water partition coefficient (Wildman–Crippen LogP) is 16.7. The fourth-order valence-electron chi connectivity index (χ4n) is 8.97. The molecular weight excluding hydrogens is 735 g/mol. The van der Waals surface area contributed by atoms with Crippen molar-refractivity contribution in [2.45, 2.75) is 0 Å². The van der Waals surface area contributed by atoms with Crippen LogP contribution in [0.2, 0.25) is 0 Å². The van der Waals surface area contributed by atoms with Crippen molar-refractivity contribution in [3.05, 3.63) is 212 Å². The third-order valence-electron chi connectivity index (χ3n) is 11.8. The van der Waals surface area contributed by atoms with Gasteiger partial charge in [0.05, 0.1) is 5.69 Å². The molecule has 0 aliphatic carbocycles. The molecule has 0 fully saturated rings. The minimum atomic E-state index is 0.860. The summed E-state index contributed by atoms with van der Waals surface area (Å²) >= 11 is 1.88. The van der Waals surface area contributed by atoms with Gasteiger partial charge in [0.25, 0.3) is 0 Å². The first kappa shape index (κ1) is 33.7. The number of fused-ring (bicyclic) bond motifs is 9. The van der Waals surface area contributed by atoms with Gasteiger partial charge in [-0.25, -0.2) is 0 Å². The van der Waals surface area contributed by atoms with Crippen LogP contribution in [0.1, 0.15) is 0 Å². The molecule has 2 aromatic heterocycles. The van der Waals surface area contributed by atoms with Crippen LogP contribution in [0.15, 0.2) is 217 Å². The lowest BCUT2D eigenvalue weighted by Gasteiger charge is -2.27. The molecule has 59 heavy (non-hydrogen) atoms. The molecule has 0 radical (unpaired) electrons. The zero-order valence-corrected chi connectivity index (χ0v) is 32.8. The zero-order chi connectivity index (χ0) is 38.9. The van der Waals surface area contributed by atoms with Crippen LogP contribution in [0, 0.1) is 0 Å². The van der Waals surface area contributed by atoms with Crippen molar-refractivity contribution in [1.82, 2.24) is 0 Å². The molecule has 0 aliphatic heterocycles. The number of hydrogen-bond acceptors (Lipinski definition) is 3. The molecule has 0 amide bonds. The van der Waals surface area contributed by atoms with Gasteiger partial charge in [-0.3, -0.25) is 0 Å². The van der Waals surface area contributed by atoms with E-state index in [0.29, 0.717) is 0 Å². The molecule has 0 saturated heterocycles. The smallest absolute Gasteiger partial charge is 0.137 e. The van der Waals surface area contributed by atoms with E-state index in [1.807, 2.05) is 11.3 Å². The number of thiophene rings is 1. The molecule has 3 heteroatoms. The number of anilines is 3. The Morgan fingerprint density at radius 1 is 0.356 bits per heavy atom. The maximum Gasteiger partial charge on any atom is 0.137 e. The Labute approximate surface area is 345 Å². The van der Waals surface area contributed by atoms with Gasteiger partial charge in [0.15, 0.2) is 0 Å². The van der Waals surface area contributed by atoms with E-state index in [1.165, 1.54) is 69.5 Å². The van der Waals surface area contributed by atoms with E-state index in [2.05, 4.69) is 217 Å². The Balaban J connectivity index is 1.12. The quantitative estimate of drug-likeness (QED) is 0.157. The van der Waals surface area contributed by atoms with Gasteiger partial charge in [-0.1, -0.05) is 158 Å². The molecule has 276 valence electrons. The van der Waals surface area contributed by atoms with Crippen LogP contribution in [0.5, 0.6) is 0 Å². The molecule has 0 N–H and O–H groups in total. The Hall–Kier alpha value is -7.46. The maximum absolute atomic E-state index is 6.76. The van der Waals surface area contributed by atoms with E-state index in [4.69, 9.17) is 4.42 Å². The monoisotopic (exact) mass is 769 g/mol. The first-order chi connectivity index (χ1) is 29.2. The highest BCUT2D eigenvalue weighted by Crippen LogP contribution is 2.50. The van der Waals surface area contributed by atoms with Crippen LogP contribution in [0.4, 0.5) is 17.1 Å². The summed E-state index contributed by atoms with van der Waals surface area (Å²) in [6.07, 6.45) is 0. The van der Waals surface area contributed by atoms with Gasteiger partial charge in [0.2, 0.25) is 0 Å². The van der Waals surface area contributed by atoms with Crippen LogP contribution < -0.4 is 4.90 Å². The van der Waals surface area contributed by atoms with Crippen molar-refractivity contribution < 1.29 is 4.42 Å². The second kappa shape index (κ2) is 13.6. The fraction of sp³-hybridized carbons (Fsp3) is 0. The SMILES string of the molecule is c1ccc(-c2ccc3c(c2)oc2cc(N(c4ccc5ccc6ccccc6c5c4)c4ccc(-c5ccccc5)c5sc6cc(-c7ccccc7)ccc6c45)ccc23)cc1. The predicted molar refractivity (Wildman–Crippen MR) is 253 cm³/mol. The molecule has 0 unspecified atom stereocenters. The summed E-state index contributed by atoms with van der Waals surface area (Å²) in [7, 11) is 0. The number of rotatable bonds is 6. The molecule has 12 aromatic rings. The Bertz CT molecular complexity index is 3550. The Kier molecular flexibility index (Phi) is 7.75. The second-order valence-electron chi connectivity index (χ2n) is 15.3. The standard InChI is InChI=1S/C56H35NOS/c1-4-12-36(13-5-1)41-23-27-47-48-29-26-44(35-53(48)58-52(47)32-41)57(43-25-22-40-21-20-39-18-10-11-19-45(39)50(40)34-43)51-31-30-46(38-16-8-3-9-17-38)56-55(51)49-28-24-42(33-54(49)59-56)37-14-6-2-7-15-37/h1-35H. The molecule has 0 saturated carbocycles. The van der Waals surface area contributed by atoms with Crippen molar-refractivity contribution >= 4 is 92.1 Å². The van der Waals surface area contributed by atoms with Crippen molar-refractivity contribution in [3.63, 3.8) is 0 Å². The summed E-state index contributed by atoms with van der Waals surface area (Å²) in [5.74, 6) is 0.